The van der Waals surface area contributed by atoms with E-state index in [0.717, 1.165) is 33.4 Å². The van der Waals surface area contributed by atoms with Gasteiger partial charge in [-0.2, -0.15) is 5.26 Å². The predicted molar refractivity (Wildman–Crippen MR) is 152 cm³/mol. The Labute approximate surface area is 213 Å². The van der Waals surface area contributed by atoms with E-state index in [2.05, 4.69) is 103 Å². The second-order valence-electron chi connectivity index (χ2n) is 9.62. The van der Waals surface area contributed by atoms with Crippen LogP contribution < -0.4 is 4.74 Å². The Bertz CT molecular complexity index is 2130. The van der Waals surface area contributed by atoms with Gasteiger partial charge in [0.05, 0.1) is 11.6 Å². The minimum absolute atomic E-state index is 0.598. The highest BCUT2D eigenvalue weighted by atomic mass is 16.5. The lowest BCUT2D eigenvalue weighted by molar-refractivity contribution is 0.487. The maximum Gasteiger partial charge on any atom is 0.136 e. The van der Waals surface area contributed by atoms with Crippen molar-refractivity contribution in [2.24, 2.45) is 0 Å². The summed E-state index contributed by atoms with van der Waals surface area (Å²) in [7, 11) is 0. The van der Waals surface area contributed by atoms with Crippen LogP contribution in [0.25, 0.3) is 65.3 Å². The van der Waals surface area contributed by atoms with Crippen LogP contribution in [0.3, 0.4) is 0 Å². The predicted octanol–water partition coefficient (Wildman–Crippen LogP) is 9.61. The van der Waals surface area contributed by atoms with Crippen LogP contribution in [-0.4, -0.2) is 0 Å². The molecular formula is C35H19NO. The van der Waals surface area contributed by atoms with Gasteiger partial charge in [-0.05, 0) is 84.7 Å². The van der Waals surface area contributed by atoms with E-state index in [1.807, 2.05) is 18.2 Å². The van der Waals surface area contributed by atoms with Crippen LogP contribution in [-0.2, 0) is 0 Å². The summed E-state index contributed by atoms with van der Waals surface area (Å²) in [6.07, 6.45) is 0. The van der Waals surface area contributed by atoms with E-state index in [0.29, 0.717) is 5.56 Å². The Morgan fingerprint density at radius 1 is 0.459 bits per heavy atom. The third-order valence-corrected chi connectivity index (χ3v) is 7.68. The Morgan fingerprint density at radius 3 is 2.11 bits per heavy atom. The molecule has 0 aliphatic carbocycles. The fourth-order valence-electron chi connectivity index (χ4n) is 6.02. The van der Waals surface area contributed by atoms with Gasteiger partial charge < -0.3 is 4.74 Å². The smallest absolute Gasteiger partial charge is 0.136 e. The largest absolute Gasteiger partial charge is 0.456 e. The molecular weight excluding hydrogens is 450 g/mol. The first kappa shape index (κ1) is 20.1. The maximum atomic E-state index is 9.37. The number of hydrogen-bond acceptors (Lipinski definition) is 2. The summed E-state index contributed by atoms with van der Waals surface area (Å²) in [5.74, 6) is 1.56. The minimum atomic E-state index is 0.598. The highest BCUT2D eigenvalue weighted by Crippen LogP contribution is 2.50. The van der Waals surface area contributed by atoms with Gasteiger partial charge in [-0.15, -0.1) is 0 Å². The first-order chi connectivity index (χ1) is 18.3. The van der Waals surface area contributed by atoms with Crippen LogP contribution in [0.5, 0.6) is 11.5 Å². The highest BCUT2D eigenvalue weighted by Gasteiger charge is 2.22. The monoisotopic (exact) mass is 469 g/mol. The SMILES string of the molecule is N#Cc1ccc2c(c1)Oc1ccc(-c3cc4c5ccccc5ccc4c4ccccc34)c3cccc-2c13. The molecule has 37 heavy (non-hydrogen) atoms. The zero-order valence-electron chi connectivity index (χ0n) is 19.8. The number of nitrogens with zero attached hydrogens (tertiary/aromatic N) is 1. The molecule has 0 fully saturated rings. The second kappa shape index (κ2) is 7.43. The molecule has 7 aromatic carbocycles. The van der Waals surface area contributed by atoms with Gasteiger partial charge in [-0.1, -0.05) is 84.9 Å². The van der Waals surface area contributed by atoms with Gasteiger partial charge in [-0.25, -0.2) is 0 Å². The van der Waals surface area contributed by atoms with E-state index in [1.165, 1.54) is 43.4 Å². The fraction of sp³-hybridized carbons (Fsp3) is 0. The molecule has 0 amide bonds. The first-order valence-electron chi connectivity index (χ1n) is 12.4. The number of rotatable bonds is 1. The third-order valence-electron chi connectivity index (χ3n) is 7.68. The third kappa shape index (κ3) is 2.80. The fourth-order valence-corrected chi connectivity index (χ4v) is 6.02. The lowest BCUT2D eigenvalue weighted by Gasteiger charge is -2.23. The summed E-state index contributed by atoms with van der Waals surface area (Å²) < 4.78 is 6.35. The Kier molecular flexibility index (Phi) is 4.04. The van der Waals surface area contributed by atoms with Crippen molar-refractivity contribution in [1.82, 2.24) is 0 Å². The van der Waals surface area contributed by atoms with Crippen LogP contribution in [0.2, 0.25) is 0 Å². The van der Waals surface area contributed by atoms with Crippen molar-refractivity contribution in [3.63, 3.8) is 0 Å². The summed E-state index contributed by atoms with van der Waals surface area (Å²) in [4.78, 5) is 0. The van der Waals surface area contributed by atoms with Crippen molar-refractivity contribution in [2.45, 2.75) is 0 Å². The molecule has 1 aliphatic heterocycles. The number of fused-ring (bicyclic) bond motifs is 7. The molecule has 0 saturated heterocycles. The average molecular weight is 470 g/mol. The van der Waals surface area contributed by atoms with Crippen molar-refractivity contribution in [3.8, 4) is 39.8 Å². The van der Waals surface area contributed by atoms with E-state index in [1.54, 1.807) is 0 Å². The van der Waals surface area contributed by atoms with Crippen LogP contribution >= 0.6 is 0 Å². The first-order valence-corrected chi connectivity index (χ1v) is 12.4. The van der Waals surface area contributed by atoms with Crippen LogP contribution in [0, 0.1) is 11.3 Å². The highest BCUT2D eigenvalue weighted by molar-refractivity contribution is 6.23. The summed E-state index contributed by atoms with van der Waals surface area (Å²) in [5, 5.41) is 19.2. The molecule has 0 N–H and O–H groups in total. The number of benzene rings is 7. The van der Waals surface area contributed by atoms with E-state index < -0.39 is 0 Å². The molecule has 0 atom stereocenters. The van der Waals surface area contributed by atoms with E-state index >= 15 is 0 Å². The quantitative estimate of drug-likeness (QED) is 0.224. The molecule has 8 rings (SSSR count). The standard InChI is InChI=1S/C35H19NO/c36-20-21-12-14-28-30-11-5-10-29-27(16-17-33(35(29)30)37-34(28)18-21)32-19-31-23-7-2-1-6-22(23)13-15-26(31)24-8-3-4-9-25(24)32/h1-19H. The van der Waals surface area contributed by atoms with E-state index in [-0.39, 0.29) is 0 Å². The number of ether oxygens (including phenoxy) is 1. The summed E-state index contributed by atoms with van der Waals surface area (Å²) in [6.45, 7) is 0. The number of nitriles is 1. The molecule has 0 unspecified atom stereocenters. The molecule has 2 nitrogen and oxygen atoms in total. The topological polar surface area (TPSA) is 33.0 Å². The number of hydrogen-bond donors (Lipinski definition) is 0. The summed E-state index contributed by atoms with van der Waals surface area (Å²) in [5.41, 5.74) is 5.15. The van der Waals surface area contributed by atoms with Gasteiger partial charge in [-0.3, -0.25) is 0 Å². The molecule has 0 spiro atoms. The molecule has 7 aromatic rings. The minimum Gasteiger partial charge on any atom is -0.456 e. The van der Waals surface area contributed by atoms with Gasteiger partial charge in [0.15, 0.2) is 0 Å². The zero-order chi connectivity index (χ0) is 24.5. The van der Waals surface area contributed by atoms with Crippen molar-refractivity contribution in [2.75, 3.05) is 0 Å². The normalized spacial score (nSPS) is 12.0. The molecule has 2 heteroatoms. The average Bonchev–Trinajstić information content (AvgIpc) is 2.96. The molecule has 1 heterocycles. The van der Waals surface area contributed by atoms with Crippen molar-refractivity contribution in [3.05, 3.63) is 121 Å². The lowest BCUT2D eigenvalue weighted by Crippen LogP contribution is -1.98. The molecule has 0 radical (unpaired) electrons. The Morgan fingerprint density at radius 2 is 1.22 bits per heavy atom. The molecule has 0 saturated carbocycles. The Hall–Kier alpha value is -5.13. The van der Waals surface area contributed by atoms with Crippen LogP contribution in [0.15, 0.2) is 115 Å². The molecule has 0 bridgehead atoms. The van der Waals surface area contributed by atoms with E-state index in [9.17, 15) is 5.26 Å². The van der Waals surface area contributed by atoms with Crippen molar-refractivity contribution in [1.29, 1.82) is 5.26 Å². The van der Waals surface area contributed by atoms with Crippen LogP contribution in [0.4, 0.5) is 0 Å². The maximum absolute atomic E-state index is 9.37. The van der Waals surface area contributed by atoms with Gasteiger partial charge >= 0.3 is 0 Å². The van der Waals surface area contributed by atoms with Gasteiger partial charge in [0.2, 0.25) is 0 Å². The van der Waals surface area contributed by atoms with Gasteiger partial charge in [0.25, 0.3) is 0 Å². The summed E-state index contributed by atoms with van der Waals surface area (Å²) in [6, 6.07) is 42.8. The van der Waals surface area contributed by atoms with Gasteiger partial charge in [0, 0.05) is 10.9 Å². The van der Waals surface area contributed by atoms with Crippen molar-refractivity contribution >= 4 is 43.1 Å². The molecule has 1 aliphatic rings. The van der Waals surface area contributed by atoms with Crippen LogP contribution in [0.1, 0.15) is 5.56 Å². The van der Waals surface area contributed by atoms with Crippen molar-refractivity contribution < 1.29 is 4.74 Å². The lowest BCUT2D eigenvalue weighted by atomic mass is 9.87. The molecule has 0 aromatic heterocycles. The second-order valence-corrected chi connectivity index (χ2v) is 9.62. The van der Waals surface area contributed by atoms with E-state index in [4.69, 9.17) is 4.74 Å². The summed E-state index contributed by atoms with van der Waals surface area (Å²) >= 11 is 0. The molecule has 170 valence electrons. The zero-order valence-corrected chi connectivity index (χ0v) is 19.8. The Balaban J connectivity index is 1.48. The van der Waals surface area contributed by atoms with Gasteiger partial charge in [0.1, 0.15) is 11.5 Å².